The minimum Gasteiger partial charge on any atom is -0.397 e. The van der Waals surface area contributed by atoms with Crippen LogP contribution < -0.4 is 0 Å². The van der Waals surface area contributed by atoms with Crippen LogP contribution in [-0.2, 0) is 0 Å². The maximum Gasteiger partial charge on any atom is 0.124 e. The first-order chi connectivity index (χ1) is 9.52. The van der Waals surface area contributed by atoms with Gasteiger partial charge in [-0.3, -0.25) is 0 Å². The quantitative estimate of drug-likeness (QED) is 0.567. The molecule has 0 bridgehead atoms. The van der Waals surface area contributed by atoms with Crippen LogP contribution in [0.5, 0.6) is 0 Å². The second kappa shape index (κ2) is 8.46. The van der Waals surface area contributed by atoms with E-state index in [0.717, 1.165) is 0 Å². The molecule has 0 aromatic rings. The zero-order chi connectivity index (χ0) is 16.7. The van der Waals surface area contributed by atoms with E-state index in [9.17, 15) is 5.11 Å². The molecule has 0 rings (SSSR count). The highest BCUT2D eigenvalue weighted by Gasteiger charge is 2.29. The standard InChI is InChI=1S/C17H34OSi3/c1-9-21(10-2,11-3)15-14-20(7,8)13-12-19-16(18)17(4,5)6/h9-11,16,18H,1-3,12-15H2,4-8H3. The second-order valence-electron chi connectivity index (χ2n) is 7.86. The lowest BCUT2D eigenvalue weighted by molar-refractivity contribution is 0.131. The Morgan fingerprint density at radius 2 is 1.48 bits per heavy atom. The van der Waals surface area contributed by atoms with E-state index in [1.165, 1.54) is 24.2 Å². The summed E-state index contributed by atoms with van der Waals surface area (Å²) in [6.45, 7) is 23.3. The highest BCUT2D eigenvalue weighted by molar-refractivity contribution is 6.94. The third-order valence-corrected chi connectivity index (χ3v) is 13.7. The molecule has 1 atom stereocenters. The number of aliphatic hydroxyl groups excluding tert-OH is 1. The van der Waals surface area contributed by atoms with Gasteiger partial charge in [-0.15, -0.1) is 19.7 Å². The molecule has 1 unspecified atom stereocenters. The lowest BCUT2D eigenvalue weighted by Crippen LogP contribution is -2.35. The molecule has 0 heterocycles. The van der Waals surface area contributed by atoms with Gasteiger partial charge in [0.05, 0.1) is 9.52 Å². The number of hydrogen-bond donors (Lipinski definition) is 1. The van der Waals surface area contributed by atoms with Gasteiger partial charge in [-0.2, -0.15) is 0 Å². The molecule has 0 aliphatic heterocycles. The van der Waals surface area contributed by atoms with Crippen molar-refractivity contribution in [1.29, 1.82) is 0 Å². The van der Waals surface area contributed by atoms with Crippen molar-refractivity contribution in [1.82, 2.24) is 0 Å². The number of rotatable bonds is 10. The Kier molecular flexibility index (Phi) is 8.39. The van der Waals surface area contributed by atoms with Gasteiger partial charge in [0, 0.05) is 13.8 Å². The molecule has 0 aliphatic carbocycles. The Bertz CT molecular complexity index is 334. The highest BCUT2D eigenvalue weighted by atomic mass is 28.3. The van der Waals surface area contributed by atoms with E-state index in [-0.39, 0.29) is 11.1 Å². The fraction of sp³-hybridized carbons (Fsp3) is 0.647. The fourth-order valence-corrected chi connectivity index (χ4v) is 12.1. The highest BCUT2D eigenvalue weighted by Crippen LogP contribution is 2.27. The normalized spacial score (nSPS) is 14.6. The third kappa shape index (κ3) is 7.59. The van der Waals surface area contributed by atoms with E-state index in [1.807, 2.05) is 0 Å². The van der Waals surface area contributed by atoms with Crippen LogP contribution in [0.2, 0.25) is 37.3 Å². The second-order valence-corrected chi connectivity index (χ2v) is 18.6. The molecule has 120 valence electrons. The number of aliphatic hydroxyl groups is 1. The van der Waals surface area contributed by atoms with Gasteiger partial charge in [0.1, 0.15) is 8.07 Å². The zero-order valence-corrected chi connectivity index (χ0v) is 17.7. The van der Waals surface area contributed by atoms with Gasteiger partial charge in [0.2, 0.25) is 0 Å². The molecule has 0 aliphatic rings. The summed E-state index contributed by atoms with van der Waals surface area (Å²) in [5.41, 5.74) is 6.15. The van der Waals surface area contributed by atoms with E-state index in [4.69, 9.17) is 0 Å². The Morgan fingerprint density at radius 1 is 1.00 bits per heavy atom. The van der Waals surface area contributed by atoms with Crippen molar-refractivity contribution in [2.75, 3.05) is 0 Å². The average molecular weight is 339 g/mol. The smallest absolute Gasteiger partial charge is 0.124 e. The Hall–Kier alpha value is -0.169. The van der Waals surface area contributed by atoms with Crippen molar-refractivity contribution in [3.05, 3.63) is 36.8 Å². The van der Waals surface area contributed by atoms with Crippen molar-refractivity contribution in [2.45, 2.75) is 63.8 Å². The number of hydrogen-bond acceptors (Lipinski definition) is 1. The first kappa shape index (κ1) is 20.8. The summed E-state index contributed by atoms with van der Waals surface area (Å²) in [5, 5.41) is 10.2. The Labute approximate surface area is 137 Å². The van der Waals surface area contributed by atoms with Crippen molar-refractivity contribution in [3.63, 3.8) is 0 Å². The van der Waals surface area contributed by atoms with Gasteiger partial charge in [-0.25, -0.2) is 0 Å². The summed E-state index contributed by atoms with van der Waals surface area (Å²) < 4.78 is 0. The largest absolute Gasteiger partial charge is 0.397 e. The van der Waals surface area contributed by atoms with Gasteiger partial charge in [0.15, 0.2) is 0 Å². The molecule has 0 spiro atoms. The van der Waals surface area contributed by atoms with Crippen molar-refractivity contribution < 1.29 is 5.11 Å². The summed E-state index contributed by atoms with van der Waals surface area (Å²) >= 11 is 0. The van der Waals surface area contributed by atoms with Crippen LogP contribution in [0.1, 0.15) is 20.8 Å². The van der Waals surface area contributed by atoms with Crippen molar-refractivity contribution >= 4 is 25.7 Å². The molecule has 21 heavy (non-hydrogen) atoms. The minimum absolute atomic E-state index is 0.0146. The van der Waals surface area contributed by atoms with Crippen LogP contribution in [0.15, 0.2) is 36.8 Å². The lowest BCUT2D eigenvalue weighted by atomic mass is 9.98. The molecule has 0 saturated carbocycles. The van der Waals surface area contributed by atoms with E-state index in [0.29, 0.717) is 9.52 Å². The molecule has 0 saturated heterocycles. The molecule has 4 heteroatoms. The SMILES string of the molecule is C=C[Si](C=C)(C=C)CC[Si](C)(C)CC[Si]C(O)C(C)(C)C. The van der Waals surface area contributed by atoms with Gasteiger partial charge in [-0.1, -0.05) is 69.1 Å². The first-order valence-corrected chi connectivity index (χ1v) is 15.0. The predicted molar refractivity (Wildman–Crippen MR) is 104 cm³/mol. The molecule has 2 radical (unpaired) electrons. The van der Waals surface area contributed by atoms with E-state index >= 15 is 0 Å². The Balaban J connectivity index is 4.35. The van der Waals surface area contributed by atoms with Crippen molar-refractivity contribution in [3.8, 4) is 0 Å². The molecular weight excluding hydrogens is 304 g/mol. The summed E-state index contributed by atoms with van der Waals surface area (Å²) in [7, 11) is -2.18. The maximum atomic E-state index is 10.2. The van der Waals surface area contributed by atoms with Gasteiger partial charge in [0.25, 0.3) is 0 Å². The third-order valence-electron chi connectivity index (χ3n) is 4.33. The van der Waals surface area contributed by atoms with Crippen LogP contribution in [0.3, 0.4) is 0 Å². The zero-order valence-electron chi connectivity index (χ0n) is 14.7. The molecule has 0 amide bonds. The first-order valence-electron chi connectivity index (χ1n) is 7.84. The monoisotopic (exact) mass is 338 g/mol. The molecule has 1 nitrogen and oxygen atoms in total. The van der Waals surface area contributed by atoms with Crippen LogP contribution in [0, 0.1) is 5.41 Å². The van der Waals surface area contributed by atoms with Crippen LogP contribution in [-0.4, -0.2) is 36.5 Å². The molecule has 0 aromatic carbocycles. The summed E-state index contributed by atoms with van der Waals surface area (Å²) in [6, 6.07) is 4.98. The van der Waals surface area contributed by atoms with E-state index < -0.39 is 16.1 Å². The molecule has 1 N–H and O–H groups in total. The van der Waals surface area contributed by atoms with Crippen LogP contribution in [0.25, 0.3) is 0 Å². The van der Waals surface area contributed by atoms with Crippen molar-refractivity contribution in [2.24, 2.45) is 5.41 Å². The summed E-state index contributed by atoms with van der Waals surface area (Å²) in [4.78, 5) is 0. The van der Waals surface area contributed by atoms with Gasteiger partial charge >= 0.3 is 0 Å². The lowest BCUT2D eigenvalue weighted by Gasteiger charge is -2.29. The fourth-order valence-electron chi connectivity index (χ4n) is 2.09. The molecule has 0 fully saturated rings. The summed E-state index contributed by atoms with van der Waals surface area (Å²) in [5.74, 6) is 0. The van der Waals surface area contributed by atoms with Gasteiger partial charge < -0.3 is 5.11 Å². The maximum absolute atomic E-state index is 10.2. The predicted octanol–water partition coefficient (Wildman–Crippen LogP) is 4.81. The average Bonchev–Trinajstić information content (AvgIpc) is 2.39. The topological polar surface area (TPSA) is 20.2 Å². The molecule has 0 aromatic heterocycles. The Morgan fingerprint density at radius 3 is 1.86 bits per heavy atom. The van der Waals surface area contributed by atoms with Crippen LogP contribution >= 0.6 is 0 Å². The van der Waals surface area contributed by atoms with E-state index in [1.54, 1.807) is 0 Å². The van der Waals surface area contributed by atoms with Crippen LogP contribution in [0.4, 0.5) is 0 Å². The minimum atomic E-state index is -1.64. The summed E-state index contributed by atoms with van der Waals surface area (Å²) in [6.07, 6.45) is 0. The van der Waals surface area contributed by atoms with Gasteiger partial charge in [-0.05, 0) is 11.5 Å². The molecular formula is C17H34OSi3. The van der Waals surface area contributed by atoms with E-state index in [2.05, 4.69) is 70.7 Å².